The molecule has 1 aliphatic heterocycles. The predicted octanol–water partition coefficient (Wildman–Crippen LogP) is 1.76. The lowest BCUT2D eigenvalue weighted by atomic mass is 10.2. The Morgan fingerprint density at radius 3 is 2.72 bits per heavy atom. The first-order chi connectivity index (χ1) is 8.56. The van der Waals surface area contributed by atoms with Gasteiger partial charge in [-0.05, 0) is 40.9 Å². The van der Waals surface area contributed by atoms with Gasteiger partial charge in [-0.1, -0.05) is 0 Å². The number of ether oxygens (including phenoxy) is 1. The molecule has 0 aromatic carbocycles. The van der Waals surface area contributed by atoms with Crippen LogP contribution in [0.25, 0.3) is 0 Å². The van der Waals surface area contributed by atoms with E-state index in [1.165, 1.54) is 0 Å². The van der Waals surface area contributed by atoms with E-state index in [1.807, 2.05) is 12.1 Å². The average molecular weight is 334 g/mol. The average Bonchev–Trinajstić information content (AvgIpc) is 2.94. The van der Waals surface area contributed by atoms with Crippen molar-refractivity contribution in [2.75, 3.05) is 0 Å². The molecule has 0 saturated carbocycles. The van der Waals surface area contributed by atoms with Gasteiger partial charge >= 0.3 is 5.97 Å². The zero-order valence-electron chi connectivity index (χ0n) is 9.39. The Balaban J connectivity index is 1.80. The molecule has 98 valence electrons. The Morgan fingerprint density at radius 2 is 2.17 bits per heavy atom. The predicted molar refractivity (Wildman–Crippen MR) is 69.4 cm³/mol. The highest BCUT2D eigenvalue weighted by Crippen LogP contribution is 2.23. The molecular weight excluding hydrogens is 322 g/mol. The third-order valence-corrected chi connectivity index (χ3v) is 4.28. The Kier molecular flexibility index (Phi) is 4.36. The van der Waals surface area contributed by atoms with E-state index >= 15 is 0 Å². The zero-order valence-corrected chi connectivity index (χ0v) is 11.8. The molecule has 2 rings (SSSR count). The summed E-state index contributed by atoms with van der Waals surface area (Å²) in [6, 6.07) is 3.84. The smallest absolute Gasteiger partial charge is 0.332 e. The van der Waals surface area contributed by atoms with Gasteiger partial charge in [-0.3, -0.25) is 4.79 Å². The van der Waals surface area contributed by atoms with Gasteiger partial charge in [-0.25, -0.2) is 4.79 Å². The molecule has 5 nitrogen and oxygen atoms in total. The van der Waals surface area contributed by atoms with Gasteiger partial charge in [0.2, 0.25) is 5.91 Å². The van der Waals surface area contributed by atoms with Gasteiger partial charge in [0, 0.05) is 4.88 Å². The molecule has 1 aliphatic rings. The van der Waals surface area contributed by atoms with Crippen LogP contribution >= 0.6 is 27.3 Å². The quantitative estimate of drug-likeness (QED) is 0.880. The van der Waals surface area contributed by atoms with E-state index in [2.05, 4.69) is 21.2 Å². The van der Waals surface area contributed by atoms with Crippen molar-refractivity contribution < 1.29 is 19.4 Å². The molecular formula is C11H12BrNO4S. The first-order valence-corrected chi connectivity index (χ1v) is 7.07. The van der Waals surface area contributed by atoms with Crippen LogP contribution in [-0.2, 0) is 20.9 Å². The van der Waals surface area contributed by atoms with Gasteiger partial charge in [-0.2, -0.15) is 0 Å². The first kappa shape index (κ1) is 13.5. The lowest BCUT2D eigenvalue weighted by Gasteiger charge is -2.11. The van der Waals surface area contributed by atoms with E-state index in [0.717, 1.165) is 8.66 Å². The third-order valence-electron chi connectivity index (χ3n) is 2.65. The van der Waals surface area contributed by atoms with E-state index in [0.29, 0.717) is 19.4 Å². The molecule has 1 aromatic rings. The van der Waals surface area contributed by atoms with Crippen LogP contribution < -0.4 is 5.32 Å². The number of carbonyl (C=O) groups is 2. The van der Waals surface area contributed by atoms with E-state index in [9.17, 15) is 9.59 Å². The zero-order chi connectivity index (χ0) is 13.1. The van der Waals surface area contributed by atoms with Crippen LogP contribution in [0.4, 0.5) is 0 Å². The summed E-state index contributed by atoms with van der Waals surface area (Å²) in [5.74, 6) is -1.25. The number of carbonyl (C=O) groups excluding carboxylic acids is 1. The maximum atomic E-state index is 11.8. The topological polar surface area (TPSA) is 75.6 Å². The number of hydrogen-bond donors (Lipinski definition) is 2. The van der Waals surface area contributed by atoms with Crippen LogP contribution in [0.2, 0.25) is 0 Å². The van der Waals surface area contributed by atoms with Crippen LogP contribution in [0.15, 0.2) is 15.9 Å². The summed E-state index contributed by atoms with van der Waals surface area (Å²) in [4.78, 5) is 23.5. The second-order valence-corrected chi connectivity index (χ2v) is 6.50. The standard InChI is InChI=1S/C11H12BrNO4S/c12-9-4-1-6(18-9)5-13-10(14)7-2-3-8(17-7)11(15)16/h1,4,7-8H,2-3,5H2,(H,13,14)(H,15,16)/t7-,8+/m0/s1. The van der Waals surface area contributed by atoms with Crippen molar-refractivity contribution in [3.05, 3.63) is 20.8 Å². The number of hydrogen-bond acceptors (Lipinski definition) is 4. The third kappa shape index (κ3) is 3.30. The fourth-order valence-electron chi connectivity index (χ4n) is 1.75. The van der Waals surface area contributed by atoms with Crippen molar-refractivity contribution in [2.45, 2.75) is 31.6 Å². The summed E-state index contributed by atoms with van der Waals surface area (Å²) < 4.78 is 6.17. The molecule has 0 unspecified atom stereocenters. The Labute approximate surface area is 116 Å². The number of aliphatic carboxylic acids is 1. The Hall–Kier alpha value is -0.920. The molecule has 1 amide bonds. The van der Waals surface area contributed by atoms with Crippen LogP contribution in [0, 0.1) is 0 Å². The van der Waals surface area contributed by atoms with Crippen LogP contribution in [-0.4, -0.2) is 29.2 Å². The van der Waals surface area contributed by atoms with Crippen molar-refractivity contribution in [3.63, 3.8) is 0 Å². The molecule has 2 atom stereocenters. The molecule has 0 spiro atoms. The lowest BCUT2D eigenvalue weighted by molar-refractivity contribution is -0.151. The maximum Gasteiger partial charge on any atom is 0.332 e. The number of nitrogens with one attached hydrogen (secondary N) is 1. The summed E-state index contributed by atoms with van der Waals surface area (Å²) in [5, 5.41) is 11.5. The molecule has 1 fully saturated rings. The molecule has 18 heavy (non-hydrogen) atoms. The number of thiophene rings is 1. The van der Waals surface area contributed by atoms with Gasteiger partial charge in [0.1, 0.15) is 6.10 Å². The first-order valence-electron chi connectivity index (χ1n) is 5.46. The van der Waals surface area contributed by atoms with Gasteiger partial charge < -0.3 is 15.2 Å². The molecule has 7 heteroatoms. The van der Waals surface area contributed by atoms with E-state index in [1.54, 1.807) is 11.3 Å². The highest BCUT2D eigenvalue weighted by Gasteiger charge is 2.34. The molecule has 0 radical (unpaired) electrons. The molecule has 1 aromatic heterocycles. The number of carboxylic acid groups (broad SMARTS) is 1. The highest BCUT2D eigenvalue weighted by atomic mass is 79.9. The normalized spacial score (nSPS) is 22.9. The summed E-state index contributed by atoms with van der Waals surface area (Å²) in [7, 11) is 0. The summed E-state index contributed by atoms with van der Waals surface area (Å²) in [6.07, 6.45) is -0.652. The second kappa shape index (κ2) is 5.81. The van der Waals surface area contributed by atoms with E-state index in [4.69, 9.17) is 9.84 Å². The molecule has 2 heterocycles. The highest BCUT2D eigenvalue weighted by molar-refractivity contribution is 9.11. The molecule has 2 N–H and O–H groups in total. The van der Waals surface area contributed by atoms with Crippen molar-refractivity contribution in [3.8, 4) is 0 Å². The fraction of sp³-hybridized carbons (Fsp3) is 0.455. The fourth-order valence-corrected chi connectivity index (χ4v) is 3.17. The van der Waals surface area contributed by atoms with Crippen LogP contribution in [0.1, 0.15) is 17.7 Å². The SMILES string of the molecule is O=C(NCc1ccc(Br)s1)[C@@H]1CC[C@H](C(=O)O)O1. The number of amides is 1. The van der Waals surface area contributed by atoms with Crippen molar-refractivity contribution in [2.24, 2.45) is 0 Å². The number of halogens is 1. The van der Waals surface area contributed by atoms with Crippen LogP contribution in [0.5, 0.6) is 0 Å². The van der Waals surface area contributed by atoms with E-state index < -0.39 is 18.2 Å². The van der Waals surface area contributed by atoms with Gasteiger partial charge in [0.05, 0.1) is 10.3 Å². The van der Waals surface area contributed by atoms with Crippen molar-refractivity contribution >= 4 is 39.1 Å². The maximum absolute atomic E-state index is 11.8. The molecule has 0 bridgehead atoms. The van der Waals surface area contributed by atoms with Gasteiger partial charge in [-0.15, -0.1) is 11.3 Å². The summed E-state index contributed by atoms with van der Waals surface area (Å²) >= 11 is 4.89. The minimum absolute atomic E-state index is 0.247. The number of rotatable bonds is 4. The van der Waals surface area contributed by atoms with Crippen molar-refractivity contribution in [1.29, 1.82) is 0 Å². The molecule has 0 aliphatic carbocycles. The largest absolute Gasteiger partial charge is 0.479 e. The molecule has 1 saturated heterocycles. The van der Waals surface area contributed by atoms with E-state index in [-0.39, 0.29) is 5.91 Å². The monoisotopic (exact) mass is 333 g/mol. The number of carboxylic acids is 1. The Bertz CT molecular complexity index is 462. The second-order valence-electron chi connectivity index (χ2n) is 3.95. The minimum atomic E-state index is -1.01. The van der Waals surface area contributed by atoms with Gasteiger partial charge in [0.25, 0.3) is 0 Å². The summed E-state index contributed by atoms with van der Waals surface area (Å²) in [5.41, 5.74) is 0. The minimum Gasteiger partial charge on any atom is -0.479 e. The van der Waals surface area contributed by atoms with Gasteiger partial charge in [0.15, 0.2) is 6.10 Å². The van der Waals surface area contributed by atoms with Crippen LogP contribution in [0.3, 0.4) is 0 Å². The van der Waals surface area contributed by atoms with Crippen molar-refractivity contribution in [1.82, 2.24) is 5.32 Å². The lowest BCUT2D eigenvalue weighted by Crippen LogP contribution is -2.35. The Morgan fingerprint density at radius 1 is 1.44 bits per heavy atom. The summed E-state index contributed by atoms with van der Waals surface area (Å²) in [6.45, 7) is 0.437.